The Balaban J connectivity index is 0.00000162. The van der Waals surface area contributed by atoms with Crippen LogP contribution in [0, 0.1) is 11.6 Å². The summed E-state index contributed by atoms with van der Waals surface area (Å²) in [7, 11) is 0. The lowest BCUT2D eigenvalue weighted by molar-refractivity contribution is 0.264. The lowest BCUT2D eigenvalue weighted by Crippen LogP contribution is -2.48. The Hall–Kier alpha value is -0.910. The van der Waals surface area contributed by atoms with Gasteiger partial charge in [0.15, 0.2) is 0 Å². The highest BCUT2D eigenvalue weighted by Crippen LogP contribution is 2.21. The van der Waals surface area contributed by atoms with Gasteiger partial charge in [-0.3, -0.25) is 4.90 Å². The zero-order chi connectivity index (χ0) is 12.3. The quantitative estimate of drug-likeness (QED) is 0.908. The molecule has 0 aliphatic carbocycles. The number of nitrogens with zero attached hydrogens (tertiary/aromatic N) is 2. The van der Waals surface area contributed by atoms with Crippen LogP contribution < -0.4 is 10.6 Å². The summed E-state index contributed by atoms with van der Waals surface area (Å²) in [5.41, 5.74) is 5.84. The van der Waals surface area contributed by atoms with Crippen LogP contribution in [0.15, 0.2) is 18.2 Å². The van der Waals surface area contributed by atoms with E-state index in [1.807, 2.05) is 4.90 Å². The van der Waals surface area contributed by atoms with E-state index in [-0.39, 0.29) is 18.2 Å². The van der Waals surface area contributed by atoms with Crippen molar-refractivity contribution < 1.29 is 8.78 Å². The highest BCUT2D eigenvalue weighted by Gasteiger charge is 2.19. The second-order valence-corrected chi connectivity index (χ2v) is 4.21. The molecule has 0 aromatic heterocycles. The van der Waals surface area contributed by atoms with Crippen LogP contribution in [0.2, 0.25) is 0 Å². The number of anilines is 1. The standard InChI is InChI=1S/C12H17F2N3.ClH/c13-10-1-2-11(14)12(9-10)17-7-5-16(4-3-15)6-8-17;/h1-2,9H,3-8,15H2;1H. The summed E-state index contributed by atoms with van der Waals surface area (Å²) in [6.07, 6.45) is 0. The van der Waals surface area contributed by atoms with Gasteiger partial charge in [0.2, 0.25) is 0 Å². The Bertz CT molecular complexity index is 382. The molecule has 1 fully saturated rings. The lowest BCUT2D eigenvalue weighted by Gasteiger charge is -2.36. The van der Waals surface area contributed by atoms with Crippen LogP contribution in [-0.2, 0) is 0 Å². The number of halogens is 3. The third-order valence-electron chi connectivity index (χ3n) is 3.07. The van der Waals surface area contributed by atoms with Gasteiger partial charge in [0.25, 0.3) is 0 Å². The molecule has 0 atom stereocenters. The van der Waals surface area contributed by atoms with Crippen molar-refractivity contribution in [3.8, 4) is 0 Å². The van der Waals surface area contributed by atoms with Crippen molar-refractivity contribution in [3.05, 3.63) is 29.8 Å². The van der Waals surface area contributed by atoms with Crippen molar-refractivity contribution in [2.24, 2.45) is 5.73 Å². The van der Waals surface area contributed by atoms with Crippen LogP contribution in [0.1, 0.15) is 0 Å². The predicted octanol–water partition coefficient (Wildman–Crippen LogP) is 1.47. The van der Waals surface area contributed by atoms with Gasteiger partial charge >= 0.3 is 0 Å². The van der Waals surface area contributed by atoms with E-state index in [1.165, 1.54) is 12.1 Å². The van der Waals surface area contributed by atoms with Gasteiger partial charge in [0, 0.05) is 45.3 Å². The molecule has 102 valence electrons. The molecule has 1 aliphatic rings. The van der Waals surface area contributed by atoms with Gasteiger partial charge in [0.05, 0.1) is 5.69 Å². The first kappa shape index (κ1) is 15.1. The summed E-state index contributed by atoms with van der Waals surface area (Å²) >= 11 is 0. The third-order valence-corrected chi connectivity index (χ3v) is 3.07. The van der Waals surface area contributed by atoms with Crippen LogP contribution in [0.25, 0.3) is 0 Å². The summed E-state index contributed by atoms with van der Waals surface area (Å²) in [6, 6.07) is 3.58. The van der Waals surface area contributed by atoms with Crippen molar-refractivity contribution in [3.63, 3.8) is 0 Å². The molecular weight excluding hydrogens is 260 g/mol. The van der Waals surface area contributed by atoms with E-state index < -0.39 is 5.82 Å². The van der Waals surface area contributed by atoms with E-state index in [0.29, 0.717) is 25.3 Å². The van der Waals surface area contributed by atoms with Crippen molar-refractivity contribution in [1.82, 2.24) is 4.90 Å². The van der Waals surface area contributed by atoms with Gasteiger partial charge in [-0.15, -0.1) is 12.4 Å². The maximum absolute atomic E-state index is 13.6. The smallest absolute Gasteiger partial charge is 0.146 e. The van der Waals surface area contributed by atoms with Gasteiger partial charge in [0.1, 0.15) is 11.6 Å². The van der Waals surface area contributed by atoms with Crippen molar-refractivity contribution in [2.75, 3.05) is 44.2 Å². The van der Waals surface area contributed by atoms with Crippen LogP contribution in [0.5, 0.6) is 0 Å². The first-order valence-corrected chi connectivity index (χ1v) is 5.83. The van der Waals surface area contributed by atoms with Gasteiger partial charge < -0.3 is 10.6 Å². The number of benzene rings is 1. The second-order valence-electron chi connectivity index (χ2n) is 4.21. The molecule has 1 aliphatic heterocycles. The summed E-state index contributed by atoms with van der Waals surface area (Å²) < 4.78 is 26.6. The van der Waals surface area contributed by atoms with Crippen molar-refractivity contribution >= 4 is 18.1 Å². The van der Waals surface area contributed by atoms with Crippen molar-refractivity contribution in [2.45, 2.75) is 0 Å². The minimum atomic E-state index is -0.397. The molecule has 18 heavy (non-hydrogen) atoms. The maximum Gasteiger partial charge on any atom is 0.146 e. The van der Waals surface area contributed by atoms with Gasteiger partial charge in [-0.05, 0) is 12.1 Å². The van der Waals surface area contributed by atoms with E-state index >= 15 is 0 Å². The number of hydrogen-bond donors (Lipinski definition) is 1. The Morgan fingerprint density at radius 2 is 1.78 bits per heavy atom. The fourth-order valence-electron chi connectivity index (χ4n) is 2.12. The molecule has 1 heterocycles. The van der Waals surface area contributed by atoms with Crippen LogP contribution in [0.4, 0.5) is 14.5 Å². The molecule has 0 saturated carbocycles. The SMILES string of the molecule is Cl.NCCN1CCN(c2cc(F)ccc2F)CC1. The number of hydrogen-bond acceptors (Lipinski definition) is 3. The average Bonchev–Trinajstić information content (AvgIpc) is 2.34. The zero-order valence-electron chi connectivity index (χ0n) is 10.1. The molecule has 1 aromatic carbocycles. The normalized spacial score (nSPS) is 16.5. The molecule has 0 spiro atoms. The molecule has 0 amide bonds. The van der Waals surface area contributed by atoms with Gasteiger partial charge in [-0.2, -0.15) is 0 Å². The maximum atomic E-state index is 13.6. The highest BCUT2D eigenvalue weighted by molar-refractivity contribution is 5.85. The van der Waals surface area contributed by atoms with E-state index in [9.17, 15) is 8.78 Å². The molecule has 0 unspecified atom stereocenters. The number of rotatable bonds is 3. The molecule has 6 heteroatoms. The van der Waals surface area contributed by atoms with E-state index in [2.05, 4.69) is 4.90 Å². The molecule has 2 N–H and O–H groups in total. The topological polar surface area (TPSA) is 32.5 Å². The highest BCUT2D eigenvalue weighted by atomic mass is 35.5. The summed E-state index contributed by atoms with van der Waals surface area (Å²) in [6.45, 7) is 4.59. The predicted molar refractivity (Wildman–Crippen MR) is 71.3 cm³/mol. The summed E-state index contributed by atoms with van der Waals surface area (Å²) in [5, 5.41) is 0. The average molecular weight is 278 g/mol. The van der Waals surface area contributed by atoms with E-state index in [1.54, 1.807) is 0 Å². The molecule has 0 bridgehead atoms. The third kappa shape index (κ3) is 3.54. The number of nitrogens with two attached hydrogens (primary N) is 1. The first-order chi connectivity index (χ1) is 8.20. The van der Waals surface area contributed by atoms with E-state index in [0.717, 1.165) is 25.7 Å². The van der Waals surface area contributed by atoms with Crippen LogP contribution in [-0.4, -0.2) is 44.2 Å². The Morgan fingerprint density at radius 3 is 2.39 bits per heavy atom. The van der Waals surface area contributed by atoms with E-state index in [4.69, 9.17) is 5.73 Å². The minimum absolute atomic E-state index is 0. The molecule has 1 aromatic rings. The van der Waals surface area contributed by atoms with Gasteiger partial charge in [-0.1, -0.05) is 0 Å². The fourth-order valence-corrected chi connectivity index (χ4v) is 2.12. The molecular formula is C12H18ClF2N3. The van der Waals surface area contributed by atoms with Crippen LogP contribution >= 0.6 is 12.4 Å². The largest absolute Gasteiger partial charge is 0.367 e. The minimum Gasteiger partial charge on any atom is -0.367 e. The first-order valence-electron chi connectivity index (χ1n) is 5.83. The van der Waals surface area contributed by atoms with Crippen molar-refractivity contribution in [1.29, 1.82) is 0 Å². The Morgan fingerprint density at radius 1 is 1.11 bits per heavy atom. The summed E-state index contributed by atoms with van der Waals surface area (Å²) in [4.78, 5) is 4.11. The van der Waals surface area contributed by atoms with Gasteiger partial charge in [-0.25, -0.2) is 8.78 Å². The van der Waals surface area contributed by atoms with Crippen LogP contribution in [0.3, 0.4) is 0 Å². The zero-order valence-corrected chi connectivity index (χ0v) is 10.9. The molecule has 1 saturated heterocycles. The Labute approximate surface area is 112 Å². The molecule has 3 nitrogen and oxygen atoms in total. The monoisotopic (exact) mass is 277 g/mol. The second kappa shape index (κ2) is 6.87. The number of piperazine rings is 1. The molecule has 2 rings (SSSR count). The lowest BCUT2D eigenvalue weighted by atomic mass is 10.2. The fraction of sp³-hybridized carbons (Fsp3) is 0.500. The summed E-state index contributed by atoms with van der Waals surface area (Å²) in [5.74, 6) is -0.760. The Kier molecular flexibility index (Phi) is 5.78. The molecule has 0 radical (unpaired) electrons.